The molecule has 2 unspecified atom stereocenters. The van der Waals surface area contributed by atoms with Crippen molar-refractivity contribution in [3.8, 4) is 0 Å². The molecule has 0 amide bonds. The number of ether oxygens (including phenoxy) is 4. The monoisotopic (exact) mass is 1480 g/mol. The van der Waals surface area contributed by atoms with E-state index in [4.69, 9.17) is 37.0 Å². The molecule has 0 aromatic carbocycles. The lowest BCUT2D eigenvalue weighted by Gasteiger charge is -2.21. The number of carbonyl (C=O) groups is 4. The third kappa shape index (κ3) is 76.1. The van der Waals surface area contributed by atoms with Crippen molar-refractivity contribution >= 4 is 39.5 Å². The van der Waals surface area contributed by atoms with Gasteiger partial charge in [-0.1, -0.05) is 376 Å². The summed E-state index contributed by atoms with van der Waals surface area (Å²) in [6.45, 7) is 11.9. The van der Waals surface area contributed by atoms with E-state index in [1.807, 2.05) is 0 Å². The number of phosphoric ester groups is 2. The largest absolute Gasteiger partial charge is 0.472 e. The van der Waals surface area contributed by atoms with Gasteiger partial charge in [0.1, 0.15) is 19.3 Å². The predicted octanol–water partition coefficient (Wildman–Crippen LogP) is 24.5. The number of unbranched alkanes of at least 4 members (excludes halogenated alkanes) is 48. The minimum atomic E-state index is -4.96. The van der Waals surface area contributed by atoms with Crippen molar-refractivity contribution in [3.05, 3.63) is 0 Å². The fraction of sp³-hybridized carbons (Fsp3) is 0.951. The fourth-order valence-electron chi connectivity index (χ4n) is 12.7. The molecule has 0 bridgehead atoms. The van der Waals surface area contributed by atoms with Crippen LogP contribution in [0.15, 0.2) is 0 Å². The zero-order valence-corrected chi connectivity index (χ0v) is 68.2. The van der Waals surface area contributed by atoms with E-state index in [9.17, 15) is 43.2 Å². The van der Waals surface area contributed by atoms with Crippen molar-refractivity contribution in [2.75, 3.05) is 39.6 Å². The normalized spacial score (nSPS) is 14.0. The smallest absolute Gasteiger partial charge is 0.462 e. The van der Waals surface area contributed by atoms with Crippen molar-refractivity contribution in [2.24, 2.45) is 17.8 Å². The Labute approximate surface area is 619 Å². The molecule has 17 nitrogen and oxygen atoms in total. The van der Waals surface area contributed by atoms with Gasteiger partial charge in [0.25, 0.3) is 0 Å². The summed E-state index contributed by atoms with van der Waals surface area (Å²) in [5, 5.41) is 10.6. The van der Waals surface area contributed by atoms with E-state index >= 15 is 0 Å². The molecule has 0 aromatic heterocycles. The first kappa shape index (κ1) is 99.1. The van der Waals surface area contributed by atoms with E-state index in [2.05, 4.69) is 48.5 Å². The maximum atomic E-state index is 13.1. The van der Waals surface area contributed by atoms with E-state index in [0.717, 1.165) is 114 Å². The number of carbonyl (C=O) groups excluding carboxylic acids is 4. The fourth-order valence-corrected chi connectivity index (χ4v) is 14.2. The van der Waals surface area contributed by atoms with Crippen LogP contribution in [-0.2, 0) is 65.4 Å². The molecule has 19 heteroatoms. The van der Waals surface area contributed by atoms with E-state index in [1.54, 1.807) is 0 Å². The molecule has 3 N–H and O–H groups in total. The van der Waals surface area contributed by atoms with Gasteiger partial charge < -0.3 is 33.8 Å². The summed E-state index contributed by atoms with van der Waals surface area (Å²) in [4.78, 5) is 72.7. The highest BCUT2D eigenvalue weighted by Gasteiger charge is 2.30. The number of esters is 4. The molecule has 101 heavy (non-hydrogen) atoms. The Morgan fingerprint density at radius 1 is 0.267 bits per heavy atom. The van der Waals surface area contributed by atoms with Gasteiger partial charge in [-0.05, 0) is 43.4 Å². The molecule has 0 aliphatic heterocycles. The first-order valence-corrected chi connectivity index (χ1v) is 45.3. The third-order valence-electron chi connectivity index (χ3n) is 19.1. The van der Waals surface area contributed by atoms with Crippen molar-refractivity contribution in [1.82, 2.24) is 0 Å². The molecule has 0 radical (unpaired) electrons. The summed E-state index contributed by atoms with van der Waals surface area (Å²) in [6.07, 6.45) is 61.7. The maximum absolute atomic E-state index is 13.1. The number of hydrogen-bond donors (Lipinski definition) is 3. The molecule has 600 valence electrons. The molecule has 0 fully saturated rings. The van der Waals surface area contributed by atoms with Gasteiger partial charge in [0.05, 0.1) is 26.4 Å². The lowest BCUT2D eigenvalue weighted by Crippen LogP contribution is -2.30. The van der Waals surface area contributed by atoms with Crippen molar-refractivity contribution in [3.63, 3.8) is 0 Å². The second-order valence-electron chi connectivity index (χ2n) is 30.9. The Bertz CT molecular complexity index is 1960. The first-order valence-electron chi connectivity index (χ1n) is 42.3. The first-order chi connectivity index (χ1) is 48.7. The second-order valence-corrected chi connectivity index (χ2v) is 33.8. The minimum absolute atomic E-state index is 0.106. The van der Waals surface area contributed by atoms with Gasteiger partial charge in [-0.2, -0.15) is 0 Å². The Hall–Kier alpha value is -1.94. The Kier molecular flexibility index (Phi) is 70.9. The van der Waals surface area contributed by atoms with E-state index in [0.29, 0.717) is 25.7 Å². The third-order valence-corrected chi connectivity index (χ3v) is 21.0. The summed E-state index contributed by atoms with van der Waals surface area (Å²) < 4.78 is 68.5. The number of rotatable bonds is 80. The van der Waals surface area contributed by atoms with Gasteiger partial charge in [0, 0.05) is 25.7 Å². The van der Waals surface area contributed by atoms with Gasteiger partial charge in [0.2, 0.25) is 0 Å². The predicted molar refractivity (Wildman–Crippen MR) is 414 cm³/mol. The van der Waals surface area contributed by atoms with Crippen LogP contribution in [0.25, 0.3) is 0 Å². The van der Waals surface area contributed by atoms with Gasteiger partial charge in [-0.25, -0.2) is 9.13 Å². The SMILES string of the molecule is CCCCCCCC(=O)OC[C@H](COP(=O)(O)OC[C@H](O)COP(=O)(O)OC[C@@H](COC(=O)CCCCCCCCCCCCCCCCCCCCC(C)C)OC(=O)CCCCCCCCCCCCCCCCCCCCC(C)C)OC(=O)CCCCCCCCCCCCCC(C)C. The van der Waals surface area contributed by atoms with Crippen molar-refractivity contribution < 1.29 is 80.2 Å². The van der Waals surface area contributed by atoms with E-state index < -0.39 is 97.5 Å². The zero-order chi connectivity index (χ0) is 74.4. The molecule has 0 heterocycles. The minimum Gasteiger partial charge on any atom is -0.462 e. The molecular formula is C82H160O17P2. The Morgan fingerprint density at radius 2 is 0.455 bits per heavy atom. The van der Waals surface area contributed by atoms with Crippen LogP contribution in [0.4, 0.5) is 0 Å². The molecule has 0 saturated carbocycles. The Balaban J connectivity index is 5.11. The quantitative estimate of drug-likeness (QED) is 0.0222. The highest BCUT2D eigenvalue weighted by molar-refractivity contribution is 7.47. The van der Waals surface area contributed by atoms with Crippen molar-refractivity contribution in [2.45, 2.75) is 446 Å². The Morgan fingerprint density at radius 3 is 0.673 bits per heavy atom. The van der Waals surface area contributed by atoms with Gasteiger partial charge in [-0.3, -0.25) is 37.3 Å². The van der Waals surface area contributed by atoms with Gasteiger partial charge in [0.15, 0.2) is 12.2 Å². The lowest BCUT2D eigenvalue weighted by molar-refractivity contribution is -0.161. The highest BCUT2D eigenvalue weighted by atomic mass is 31.2. The average molecular weight is 1480 g/mol. The van der Waals surface area contributed by atoms with Crippen LogP contribution in [0, 0.1) is 17.8 Å². The molecular weight excluding hydrogens is 1320 g/mol. The van der Waals surface area contributed by atoms with E-state index in [1.165, 1.54) is 231 Å². The topological polar surface area (TPSA) is 237 Å². The molecule has 0 spiro atoms. The molecule has 5 atom stereocenters. The molecule has 0 rings (SSSR count). The van der Waals surface area contributed by atoms with Crippen LogP contribution in [0.1, 0.15) is 427 Å². The molecule has 0 aliphatic rings. The van der Waals surface area contributed by atoms with Crippen LogP contribution in [-0.4, -0.2) is 96.7 Å². The molecule has 0 aliphatic carbocycles. The van der Waals surface area contributed by atoms with Crippen LogP contribution < -0.4 is 0 Å². The van der Waals surface area contributed by atoms with Crippen LogP contribution in [0.3, 0.4) is 0 Å². The van der Waals surface area contributed by atoms with Gasteiger partial charge in [-0.15, -0.1) is 0 Å². The number of aliphatic hydroxyl groups excluding tert-OH is 1. The zero-order valence-electron chi connectivity index (χ0n) is 66.4. The summed E-state index contributed by atoms with van der Waals surface area (Å²) in [6, 6.07) is 0. The maximum Gasteiger partial charge on any atom is 0.472 e. The number of hydrogen-bond acceptors (Lipinski definition) is 15. The summed E-state index contributed by atoms with van der Waals surface area (Å²) in [5.41, 5.74) is 0. The van der Waals surface area contributed by atoms with Crippen LogP contribution in [0.5, 0.6) is 0 Å². The lowest BCUT2D eigenvalue weighted by atomic mass is 10.0. The molecule has 0 saturated heterocycles. The van der Waals surface area contributed by atoms with E-state index in [-0.39, 0.29) is 25.7 Å². The summed E-state index contributed by atoms with van der Waals surface area (Å²) in [5.74, 6) is 0.287. The molecule has 0 aromatic rings. The van der Waals surface area contributed by atoms with Crippen LogP contribution in [0.2, 0.25) is 0 Å². The van der Waals surface area contributed by atoms with Crippen LogP contribution >= 0.6 is 15.6 Å². The summed E-state index contributed by atoms with van der Waals surface area (Å²) >= 11 is 0. The number of phosphoric acid groups is 2. The average Bonchev–Trinajstić information content (AvgIpc) is 0.928. The second kappa shape index (κ2) is 72.3. The van der Waals surface area contributed by atoms with Crippen molar-refractivity contribution in [1.29, 1.82) is 0 Å². The number of aliphatic hydroxyl groups is 1. The standard InChI is InChI=1S/C82H160O17P2/c1-8-9-10-46-56-63-79(84)92-69-77(98-81(86)66-59-52-45-39-33-27-30-36-42-49-55-62-75(6)7)71-96-100(88,89)94-67-76(83)68-95-101(90,91)97-72-78(99-82(87)65-58-51-44-38-32-26-22-18-14-12-16-20-24-29-35-41-48-54-61-74(4)5)70-93-80(85)64-57-50-43-37-31-25-21-17-13-11-15-19-23-28-34-40-47-53-60-73(2)3/h73-78,83H,8-72H2,1-7H3,(H,88,89)(H,90,91)/t76-,77+,78+/m0/s1. The highest BCUT2D eigenvalue weighted by Crippen LogP contribution is 2.45. The van der Waals surface area contributed by atoms with Gasteiger partial charge >= 0.3 is 39.5 Å². The summed E-state index contributed by atoms with van der Waals surface area (Å²) in [7, 11) is -9.91.